The zero-order valence-corrected chi connectivity index (χ0v) is 19.3. The van der Waals surface area contributed by atoms with E-state index in [0.717, 1.165) is 30.3 Å². The third kappa shape index (κ3) is 5.56. The predicted molar refractivity (Wildman–Crippen MR) is 121 cm³/mol. The maximum Gasteiger partial charge on any atom is 0.271 e. The second-order valence-corrected chi connectivity index (χ2v) is 8.64. The minimum atomic E-state index is -0.409. The smallest absolute Gasteiger partial charge is 0.271 e. The molecule has 5 nitrogen and oxygen atoms in total. The highest BCUT2D eigenvalue weighted by atomic mass is 79.9. The lowest BCUT2D eigenvalue weighted by molar-refractivity contribution is -0.384. The van der Waals surface area contributed by atoms with E-state index >= 15 is 0 Å². The monoisotopic (exact) mass is 568 g/mol. The summed E-state index contributed by atoms with van der Waals surface area (Å²) in [5.74, 6) is 0.726. The van der Waals surface area contributed by atoms with Gasteiger partial charge in [-0.2, -0.15) is 0 Å². The number of anilines is 1. The van der Waals surface area contributed by atoms with Crippen LogP contribution in [0.15, 0.2) is 74.1 Å². The van der Waals surface area contributed by atoms with Gasteiger partial charge in [-0.05, 0) is 51.8 Å². The van der Waals surface area contributed by atoms with E-state index < -0.39 is 4.92 Å². The predicted octanol–water partition coefficient (Wildman–Crippen LogP) is 7.07. The first kappa shape index (κ1) is 20.8. The molecule has 0 aliphatic heterocycles. The van der Waals surface area contributed by atoms with Gasteiger partial charge in [0, 0.05) is 38.9 Å². The van der Waals surface area contributed by atoms with Crippen molar-refractivity contribution in [2.24, 2.45) is 0 Å². The minimum absolute atomic E-state index is 0.0483. The van der Waals surface area contributed by atoms with Gasteiger partial charge in [-0.15, -0.1) is 0 Å². The second-order valence-electron chi connectivity index (χ2n) is 5.95. The van der Waals surface area contributed by atoms with Crippen molar-refractivity contribution in [1.29, 1.82) is 0 Å². The zero-order valence-electron chi connectivity index (χ0n) is 14.5. The van der Waals surface area contributed by atoms with Crippen molar-refractivity contribution in [3.63, 3.8) is 0 Å². The molecule has 0 radical (unpaired) electrons. The van der Waals surface area contributed by atoms with Gasteiger partial charge in [-0.1, -0.05) is 50.1 Å². The number of nitrogens with one attached hydrogen (secondary N) is 1. The average molecular weight is 571 g/mol. The van der Waals surface area contributed by atoms with Crippen LogP contribution in [0.25, 0.3) is 0 Å². The van der Waals surface area contributed by atoms with Crippen LogP contribution >= 0.6 is 47.8 Å². The first-order valence-corrected chi connectivity index (χ1v) is 10.6. The molecular weight excluding hydrogens is 556 g/mol. The lowest BCUT2D eigenvalue weighted by atomic mass is 10.2. The molecule has 0 atom stereocenters. The summed E-state index contributed by atoms with van der Waals surface area (Å²) < 4.78 is 8.82. The summed E-state index contributed by atoms with van der Waals surface area (Å²) in [6.07, 6.45) is 0. The molecule has 0 fully saturated rings. The van der Waals surface area contributed by atoms with E-state index in [-0.39, 0.29) is 5.69 Å². The number of hydrogen-bond acceptors (Lipinski definition) is 4. The third-order valence-corrected chi connectivity index (χ3v) is 5.50. The number of nitro benzene ring substituents is 1. The van der Waals surface area contributed by atoms with Gasteiger partial charge in [0.05, 0.1) is 9.40 Å². The van der Waals surface area contributed by atoms with Crippen molar-refractivity contribution in [3.8, 4) is 5.75 Å². The molecule has 3 aromatic carbocycles. The Kier molecular flexibility index (Phi) is 7.09. The molecule has 0 unspecified atom stereocenters. The highest BCUT2D eigenvalue weighted by Gasteiger charge is 2.12. The fraction of sp³-hybridized carbons (Fsp3) is 0.100. The van der Waals surface area contributed by atoms with E-state index in [4.69, 9.17) is 4.74 Å². The normalized spacial score (nSPS) is 10.5. The number of non-ortho nitro benzene ring substituents is 1. The van der Waals surface area contributed by atoms with E-state index in [0.29, 0.717) is 18.8 Å². The molecule has 0 aliphatic carbocycles. The van der Waals surface area contributed by atoms with Gasteiger partial charge in [0.2, 0.25) is 0 Å². The van der Waals surface area contributed by atoms with Crippen molar-refractivity contribution in [2.75, 3.05) is 5.32 Å². The van der Waals surface area contributed by atoms with Crippen molar-refractivity contribution in [2.45, 2.75) is 13.2 Å². The van der Waals surface area contributed by atoms with Crippen LogP contribution < -0.4 is 10.1 Å². The van der Waals surface area contributed by atoms with E-state index in [1.54, 1.807) is 12.1 Å². The van der Waals surface area contributed by atoms with Gasteiger partial charge in [-0.25, -0.2) is 0 Å². The van der Waals surface area contributed by atoms with Crippen LogP contribution in [0.1, 0.15) is 11.1 Å². The zero-order chi connectivity index (χ0) is 20.1. The van der Waals surface area contributed by atoms with E-state index in [1.165, 1.54) is 12.1 Å². The number of ether oxygens (including phenoxy) is 1. The fourth-order valence-electron chi connectivity index (χ4n) is 2.57. The number of nitrogens with zero attached hydrogens (tertiary/aromatic N) is 1. The van der Waals surface area contributed by atoms with Crippen LogP contribution in [0.5, 0.6) is 5.75 Å². The Morgan fingerprint density at radius 2 is 1.71 bits per heavy atom. The number of hydrogen-bond donors (Lipinski definition) is 1. The minimum Gasteiger partial charge on any atom is -0.487 e. The summed E-state index contributed by atoms with van der Waals surface area (Å²) in [5, 5.41) is 14.2. The molecule has 0 saturated carbocycles. The SMILES string of the molecule is O=[N+]([O-])c1cccc(NCc2cc(Br)cc(Br)c2OCc2ccc(Br)cc2)c1. The van der Waals surface area contributed by atoms with Crippen LogP contribution in [0.3, 0.4) is 0 Å². The Balaban J connectivity index is 1.77. The molecule has 0 bridgehead atoms. The quantitative estimate of drug-likeness (QED) is 0.244. The maximum atomic E-state index is 11.0. The fourth-order valence-corrected chi connectivity index (χ4v) is 4.26. The van der Waals surface area contributed by atoms with Gasteiger partial charge < -0.3 is 10.1 Å². The van der Waals surface area contributed by atoms with Gasteiger partial charge in [0.1, 0.15) is 12.4 Å². The molecule has 1 N–H and O–H groups in total. The van der Waals surface area contributed by atoms with Crippen LogP contribution in [-0.4, -0.2) is 4.92 Å². The maximum absolute atomic E-state index is 11.0. The Bertz CT molecular complexity index is 994. The highest BCUT2D eigenvalue weighted by Crippen LogP contribution is 2.34. The Morgan fingerprint density at radius 1 is 0.964 bits per heavy atom. The van der Waals surface area contributed by atoms with Crippen LogP contribution in [0, 0.1) is 10.1 Å². The number of rotatable bonds is 7. The summed E-state index contributed by atoms with van der Waals surface area (Å²) in [5.41, 5.74) is 2.69. The van der Waals surface area contributed by atoms with Crippen molar-refractivity contribution in [3.05, 3.63) is 95.3 Å². The van der Waals surface area contributed by atoms with E-state index in [1.807, 2.05) is 36.4 Å². The number of halogens is 3. The van der Waals surface area contributed by atoms with E-state index in [9.17, 15) is 10.1 Å². The van der Waals surface area contributed by atoms with Crippen LogP contribution in [0.4, 0.5) is 11.4 Å². The van der Waals surface area contributed by atoms with Crippen molar-refractivity contribution in [1.82, 2.24) is 0 Å². The molecule has 144 valence electrons. The molecule has 0 aromatic heterocycles. The summed E-state index contributed by atoms with van der Waals surface area (Å²) in [4.78, 5) is 10.5. The standard InChI is InChI=1S/C20H15Br3N2O3/c21-15-6-4-13(5-7-15)12-28-20-14(8-16(22)9-19(20)23)11-24-17-2-1-3-18(10-17)25(26)27/h1-10,24H,11-12H2. The summed E-state index contributed by atoms with van der Waals surface area (Å²) in [7, 11) is 0. The highest BCUT2D eigenvalue weighted by molar-refractivity contribution is 9.11. The van der Waals surface area contributed by atoms with Gasteiger partial charge in [0.15, 0.2) is 0 Å². The molecule has 0 aliphatic rings. The summed E-state index contributed by atoms with van der Waals surface area (Å²) in [6, 6.07) is 18.3. The Morgan fingerprint density at radius 3 is 2.43 bits per heavy atom. The molecule has 0 amide bonds. The molecule has 8 heteroatoms. The van der Waals surface area contributed by atoms with Crippen LogP contribution in [0.2, 0.25) is 0 Å². The molecule has 0 saturated heterocycles. The molecule has 0 spiro atoms. The van der Waals surface area contributed by atoms with Gasteiger partial charge >= 0.3 is 0 Å². The molecule has 3 aromatic rings. The van der Waals surface area contributed by atoms with Crippen molar-refractivity contribution < 1.29 is 9.66 Å². The van der Waals surface area contributed by atoms with Gasteiger partial charge in [-0.3, -0.25) is 10.1 Å². The lowest BCUT2D eigenvalue weighted by Gasteiger charge is -2.15. The van der Waals surface area contributed by atoms with Crippen LogP contribution in [-0.2, 0) is 13.2 Å². The number of benzene rings is 3. The Hall–Kier alpha value is -1.90. The van der Waals surface area contributed by atoms with Crippen molar-refractivity contribution >= 4 is 59.2 Å². The lowest BCUT2D eigenvalue weighted by Crippen LogP contribution is -2.05. The number of nitro groups is 1. The molecule has 0 heterocycles. The second kappa shape index (κ2) is 9.54. The first-order chi connectivity index (χ1) is 13.4. The molecule has 28 heavy (non-hydrogen) atoms. The average Bonchev–Trinajstić information content (AvgIpc) is 2.67. The summed E-state index contributed by atoms with van der Waals surface area (Å²) in [6.45, 7) is 0.881. The summed E-state index contributed by atoms with van der Waals surface area (Å²) >= 11 is 10.5. The largest absolute Gasteiger partial charge is 0.487 e. The molecular formula is C20H15Br3N2O3. The third-order valence-electron chi connectivity index (χ3n) is 3.92. The van der Waals surface area contributed by atoms with Gasteiger partial charge in [0.25, 0.3) is 5.69 Å². The Labute approximate surface area is 187 Å². The van der Waals surface area contributed by atoms with E-state index in [2.05, 4.69) is 53.1 Å². The molecule has 3 rings (SSSR count). The topological polar surface area (TPSA) is 64.4 Å². The first-order valence-electron chi connectivity index (χ1n) is 8.26.